The van der Waals surface area contributed by atoms with E-state index < -0.39 is 0 Å². The summed E-state index contributed by atoms with van der Waals surface area (Å²) in [6.45, 7) is 3.36. The van der Waals surface area contributed by atoms with Crippen molar-refractivity contribution in [2.75, 3.05) is 26.1 Å². The first-order valence-electron chi connectivity index (χ1n) is 6.78. The molecule has 0 heterocycles. The van der Waals surface area contributed by atoms with Gasteiger partial charge >= 0.3 is 0 Å². The number of hydrogen-bond donors (Lipinski definition) is 1. The number of para-hydroxylation sites is 1. The molecule has 0 bridgehead atoms. The average molecular weight is 265 g/mol. The highest BCUT2D eigenvalue weighted by molar-refractivity contribution is 5.52. The van der Waals surface area contributed by atoms with E-state index in [0.717, 1.165) is 18.7 Å². The zero-order chi connectivity index (χ0) is 13.7. The third-order valence-corrected chi connectivity index (χ3v) is 3.56. The minimum atomic E-state index is 0.121. The fraction of sp³-hybridized carbons (Fsp3) is 0.600. The van der Waals surface area contributed by atoms with Crippen LogP contribution in [0.2, 0.25) is 0 Å². The minimum absolute atomic E-state index is 0.121. The monoisotopic (exact) mass is 265 g/mol. The van der Waals surface area contributed by atoms with E-state index in [4.69, 9.17) is 14.2 Å². The van der Waals surface area contributed by atoms with E-state index in [9.17, 15) is 0 Å². The van der Waals surface area contributed by atoms with Gasteiger partial charge in [-0.15, -0.1) is 0 Å². The number of benzene rings is 1. The van der Waals surface area contributed by atoms with Gasteiger partial charge in [0.2, 0.25) is 0 Å². The van der Waals surface area contributed by atoms with Crippen LogP contribution in [0.15, 0.2) is 24.3 Å². The average Bonchev–Trinajstić information content (AvgIpc) is 2.40. The number of rotatable bonds is 7. The molecule has 0 spiro atoms. The predicted molar refractivity (Wildman–Crippen MR) is 75.4 cm³/mol. The smallest absolute Gasteiger partial charge is 0.103 e. The number of methoxy groups -OCH3 is 2. The first kappa shape index (κ1) is 14.3. The highest BCUT2D eigenvalue weighted by Crippen LogP contribution is 2.30. The second-order valence-corrected chi connectivity index (χ2v) is 4.77. The molecule has 4 heteroatoms. The molecule has 1 aromatic carbocycles. The number of hydrogen-bond acceptors (Lipinski definition) is 4. The fourth-order valence-electron chi connectivity index (χ4n) is 2.56. The van der Waals surface area contributed by atoms with Crippen LogP contribution in [0.5, 0.6) is 0 Å². The SMILES string of the molecule is CCOC1CC(Nc2ccccc2COC)C1OC. The largest absolute Gasteiger partial charge is 0.380 e. The standard InChI is InChI=1S/C15H23NO3/c1-4-19-14-9-13(15(14)18-3)16-12-8-6-5-7-11(12)10-17-2/h5-8,13-16H,4,9-10H2,1-3H3. The molecule has 1 aliphatic rings. The topological polar surface area (TPSA) is 39.7 Å². The van der Waals surface area contributed by atoms with Crippen molar-refractivity contribution >= 4 is 5.69 Å². The molecule has 1 fully saturated rings. The van der Waals surface area contributed by atoms with Gasteiger partial charge in [-0.3, -0.25) is 0 Å². The van der Waals surface area contributed by atoms with Gasteiger partial charge in [0.1, 0.15) is 6.10 Å². The van der Waals surface area contributed by atoms with E-state index in [2.05, 4.69) is 17.4 Å². The van der Waals surface area contributed by atoms with E-state index in [1.165, 1.54) is 5.56 Å². The molecule has 1 N–H and O–H groups in total. The van der Waals surface area contributed by atoms with Gasteiger partial charge in [-0.25, -0.2) is 0 Å². The lowest BCUT2D eigenvalue weighted by atomic mass is 9.84. The van der Waals surface area contributed by atoms with E-state index in [0.29, 0.717) is 12.6 Å². The summed E-state index contributed by atoms with van der Waals surface area (Å²) in [5.74, 6) is 0. The zero-order valence-corrected chi connectivity index (χ0v) is 11.9. The predicted octanol–water partition coefficient (Wildman–Crippen LogP) is 2.44. The molecule has 1 saturated carbocycles. The Kier molecular flexibility index (Phi) is 5.19. The Balaban J connectivity index is 1.98. The van der Waals surface area contributed by atoms with Gasteiger partial charge in [-0.05, 0) is 19.4 Å². The van der Waals surface area contributed by atoms with Gasteiger partial charge in [0, 0.05) is 32.1 Å². The van der Waals surface area contributed by atoms with Crippen LogP contribution in [0, 0.1) is 0 Å². The van der Waals surface area contributed by atoms with Crippen LogP contribution in [-0.2, 0) is 20.8 Å². The first-order chi connectivity index (χ1) is 9.30. The Bertz CT molecular complexity index is 397. The molecule has 4 nitrogen and oxygen atoms in total. The van der Waals surface area contributed by atoms with Crippen molar-refractivity contribution in [2.45, 2.75) is 38.2 Å². The highest BCUT2D eigenvalue weighted by atomic mass is 16.5. The Morgan fingerprint density at radius 2 is 2.05 bits per heavy atom. The van der Waals surface area contributed by atoms with Gasteiger partial charge in [-0.2, -0.15) is 0 Å². The van der Waals surface area contributed by atoms with Crippen molar-refractivity contribution < 1.29 is 14.2 Å². The van der Waals surface area contributed by atoms with Crippen LogP contribution in [0.4, 0.5) is 5.69 Å². The molecule has 1 aromatic rings. The molecule has 2 rings (SSSR count). The lowest BCUT2D eigenvalue weighted by Gasteiger charge is -2.44. The second-order valence-electron chi connectivity index (χ2n) is 4.77. The number of nitrogens with one attached hydrogen (secondary N) is 1. The molecular weight excluding hydrogens is 242 g/mol. The quantitative estimate of drug-likeness (QED) is 0.822. The van der Waals surface area contributed by atoms with E-state index in [-0.39, 0.29) is 12.2 Å². The van der Waals surface area contributed by atoms with Crippen LogP contribution in [0.25, 0.3) is 0 Å². The van der Waals surface area contributed by atoms with Crippen LogP contribution in [0.3, 0.4) is 0 Å². The lowest BCUT2D eigenvalue weighted by Crippen LogP contribution is -2.56. The summed E-state index contributed by atoms with van der Waals surface area (Å²) in [4.78, 5) is 0. The van der Waals surface area contributed by atoms with E-state index >= 15 is 0 Å². The van der Waals surface area contributed by atoms with Crippen molar-refractivity contribution in [1.82, 2.24) is 0 Å². The molecule has 3 unspecified atom stereocenters. The van der Waals surface area contributed by atoms with Crippen LogP contribution >= 0.6 is 0 Å². The molecule has 1 aliphatic carbocycles. The Morgan fingerprint density at radius 3 is 2.74 bits per heavy atom. The van der Waals surface area contributed by atoms with Gasteiger partial charge in [0.25, 0.3) is 0 Å². The highest BCUT2D eigenvalue weighted by Gasteiger charge is 2.42. The van der Waals surface area contributed by atoms with Crippen molar-refractivity contribution in [1.29, 1.82) is 0 Å². The first-order valence-corrected chi connectivity index (χ1v) is 6.78. The maximum absolute atomic E-state index is 5.64. The molecule has 0 radical (unpaired) electrons. The van der Waals surface area contributed by atoms with Gasteiger partial charge < -0.3 is 19.5 Å². The fourth-order valence-corrected chi connectivity index (χ4v) is 2.56. The van der Waals surface area contributed by atoms with Gasteiger partial charge in [-0.1, -0.05) is 18.2 Å². The maximum atomic E-state index is 5.64. The van der Waals surface area contributed by atoms with E-state index in [1.54, 1.807) is 14.2 Å². The van der Waals surface area contributed by atoms with Crippen molar-refractivity contribution in [3.8, 4) is 0 Å². The number of ether oxygens (including phenoxy) is 3. The van der Waals surface area contributed by atoms with Crippen molar-refractivity contribution in [3.05, 3.63) is 29.8 Å². The molecule has 3 atom stereocenters. The van der Waals surface area contributed by atoms with Gasteiger partial charge in [0.15, 0.2) is 0 Å². The number of anilines is 1. The van der Waals surface area contributed by atoms with Crippen molar-refractivity contribution in [2.24, 2.45) is 0 Å². The lowest BCUT2D eigenvalue weighted by molar-refractivity contribution is -0.118. The normalized spacial score (nSPS) is 25.9. The summed E-state index contributed by atoms with van der Waals surface area (Å²) < 4.78 is 16.4. The third-order valence-electron chi connectivity index (χ3n) is 3.56. The minimum Gasteiger partial charge on any atom is -0.380 e. The van der Waals surface area contributed by atoms with E-state index in [1.807, 2.05) is 19.1 Å². The Hall–Kier alpha value is -1.10. The van der Waals surface area contributed by atoms with Crippen molar-refractivity contribution in [3.63, 3.8) is 0 Å². The summed E-state index contributed by atoms with van der Waals surface area (Å²) in [5.41, 5.74) is 2.28. The molecule has 0 aromatic heterocycles. The van der Waals surface area contributed by atoms with Crippen LogP contribution in [-0.4, -0.2) is 39.1 Å². The molecule has 0 saturated heterocycles. The molecule has 19 heavy (non-hydrogen) atoms. The Labute approximate surface area is 115 Å². The van der Waals surface area contributed by atoms with Crippen LogP contribution in [0.1, 0.15) is 18.9 Å². The summed E-state index contributed by atoms with van der Waals surface area (Å²) in [7, 11) is 3.45. The molecule has 106 valence electrons. The maximum Gasteiger partial charge on any atom is 0.103 e. The second kappa shape index (κ2) is 6.89. The Morgan fingerprint density at radius 1 is 1.26 bits per heavy atom. The molecule has 0 amide bonds. The summed E-state index contributed by atoms with van der Waals surface area (Å²) in [6, 6.07) is 8.51. The zero-order valence-electron chi connectivity index (χ0n) is 11.9. The molecule has 0 aliphatic heterocycles. The summed E-state index contributed by atoms with van der Waals surface area (Å²) in [5, 5.41) is 3.54. The van der Waals surface area contributed by atoms with Gasteiger partial charge in [0.05, 0.1) is 18.8 Å². The third kappa shape index (κ3) is 3.26. The summed E-state index contributed by atoms with van der Waals surface area (Å²) in [6.07, 6.45) is 1.31. The van der Waals surface area contributed by atoms with Crippen LogP contribution < -0.4 is 5.32 Å². The summed E-state index contributed by atoms with van der Waals surface area (Å²) >= 11 is 0. The molecular formula is C15H23NO3.